The molecule has 0 saturated carbocycles. The first kappa shape index (κ1) is 14.1. The Kier molecular flexibility index (Phi) is 4.01. The number of carboxylic acid groups (broad SMARTS) is 1. The average Bonchev–Trinajstić information content (AvgIpc) is 2.74. The van der Waals surface area contributed by atoms with Crippen molar-refractivity contribution >= 4 is 35.2 Å². The van der Waals surface area contributed by atoms with E-state index < -0.39 is 23.7 Å². The lowest BCUT2D eigenvalue weighted by molar-refractivity contribution is -0.141. The second-order valence-corrected chi connectivity index (χ2v) is 5.88. The summed E-state index contributed by atoms with van der Waals surface area (Å²) in [6.07, 6.45) is 0. The molecule has 1 aromatic rings. The molecule has 1 N–H and O–H groups in total. The first-order valence-corrected chi connectivity index (χ1v) is 6.96. The monoisotopic (exact) mass is 303 g/mol. The number of carbonyl (C=O) groups is 2. The summed E-state index contributed by atoms with van der Waals surface area (Å²) in [4.78, 5) is 24.7. The number of halogens is 2. The van der Waals surface area contributed by atoms with E-state index in [1.54, 1.807) is 6.92 Å². The SMILES string of the molecule is CC1SCC(C(=O)O)N1C(=O)c1ccc(F)c(Cl)c1. The van der Waals surface area contributed by atoms with Crippen molar-refractivity contribution in [1.82, 2.24) is 4.90 Å². The lowest BCUT2D eigenvalue weighted by Crippen LogP contribution is -2.44. The van der Waals surface area contributed by atoms with Gasteiger partial charge < -0.3 is 10.0 Å². The van der Waals surface area contributed by atoms with E-state index in [2.05, 4.69) is 0 Å². The fourth-order valence-electron chi connectivity index (χ4n) is 1.92. The van der Waals surface area contributed by atoms with Crippen molar-refractivity contribution in [3.8, 4) is 0 Å². The molecule has 0 aromatic heterocycles. The number of hydrogen-bond acceptors (Lipinski definition) is 3. The van der Waals surface area contributed by atoms with Crippen LogP contribution < -0.4 is 0 Å². The van der Waals surface area contributed by atoms with E-state index in [-0.39, 0.29) is 16.0 Å². The van der Waals surface area contributed by atoms with Gasteiger partial charge in [-0.25, -0.2) is 9.18 Å². The van der Waals surface area contributed by atoms with E-state index in [1.807, 2.05) is 0 Å². The Labute approximate surface area is 118 Å². The molecule has 0 aliphatic carbocycles. The van der Waals surface area contributed by atoms with Crippen molar-refractivity contribution < 1.29 is 19.1 Å². The second kappa shape index (κ2) is 5.38. The third-order valence-electron chi connectivity index (χ3n) is 2.91. The van der Waals surface area contributed by atoms with Crippen LogP contribution >= 0.6 is 23.4 Å². The number of hydrogen-bond donors (Lipinski definition) is 1. The molecule has 1 saturated heterocycles. The first-order valence-electron chi connectivity index (χ1n) is 5.54. The molecule has 19 heavy (non-hydrogen) atoms. The van der Waals surface area contributed by atoms with E-state index in [0.717, 1.165) is 6.07 Å². The molecular weight excluding hydrogens is 293 g/mol. The van der Waals surface area contributed by atoms with Gasteiger partial charge in [0.25, 0.3) is 5.91 Å². The average molecular weight is 304 g/mol. The third-order valence-corrected chi connectivity index (χ3v) is 4.42. The van der Waals surface area contributed by atoms with Gasteiger partial charge in [-0.2, -0.15) is 0 Å². The highest BCUT2D eigenvalue weighted by molar-refractivity contribution is 8.00. The molecule has 2 rings (SSSR count). The molecule has 102 valence electrons. The highest BCUT2D eigenvalue weighted by atomic mass is 35.5. The van der Waals surface area contributed by atoms with Gasteiger partial charge in [-0.05, 0) is 25.1 Å². The molecule has 1 fully saturated rings. The van der Waals surface area contributed by atoms with Gasteiger partial charge in [0.1, 0.15) is 11.9 Å². The van der Waals surface area contributed by atoms with Crippen molar-refractivity contribution in [3.05, 3.63) is 34.6 Å². The zero-order chi connectivity index (χ0) is 14.2. The number of amides is 1. The van der Waals surface area contributed by atoms with Crippen molar-refractivity contribution in [2.24, 2.45) is 0 Å². The minimum Gasteiger partial charge on any atom is -0.480 e. The van der Waals surface area contributed by atoms with Crippen molar-refractivity contribution in [2.45, 2.75) is 18.3 Å². The van der Waals surface area contributed by atoms with Crippen LogP contribution in [0.1, 0.15) is 17.3 Å². The molecule has 0 bridgehead atoms. The molecule has 0 spiro atoms. The Morgan fingerprint density at radius 2 is 2.21 bits per heavy atom. The molecule has 0 radical (unpaired) electrons. The number of carboxylic acids is 1. The Balaban J connectivity index is 2.31. The molecule has 2 atom stereocenters. The molecule has 1 amide bonds. The molecule has 1 aliphatic heterocycles. The molecule has 2 unspecified atom stereocenters. The summed E-state index contributed by atoms with van der Waals surface area (Å²) < 4.78 is 13.1. The standard InChI is InChI=1S/C12H11ClFNO3S/c1-6-15(10(5-19-6)12(17)18)11(16)7-2-3-9(14)8(13)4-7/h2-4,6,10H,5H2,1H3,(H,17,18). The molecule has 1 heterocycles. The molecular formula is C12H11ClFNO3S. The predicted molar refractivity (Wildman–Crippen MR) is 70.9 cm³/mol. The number of aliphatic carboxylic acids is 1. The Bertz CT molecular complexity index is 540. The zero-order valence-corrected chi connectivity index (χ0v) is 11.5. The fourth-order valence-corrected chi connectivity index (χ4v) is 3.27. The van der Waals surface area contributed by atoms with Crippen LogP contribution in [0.25, 0.3) is 0 Å². The number of rotatable bonds is 2. The summed E-state index contributed by atoms with van der Waals surface area (Å²) in [6, 6.07) is 2.75. The summed E-state index contributed by atoms with van der Waals surface area (Å²) in [5, 5.41) is 8.71. The van der Waals surface area contributed by atoms with Gasteiger partial charge >= 0.3 is 5.97 Å². The van der Waals surface area contributed by atoms with Crippen LogP contribution in [0.2, 0.25) is 5.02 Å². The van der Waals surface area contributed by atoms with Crippen molar-refractivity contribution in [3.63, 3.8) is 0 Å². The quantitative estimate of drug-likeness (QED) is 0.912. The maximum atomic E-state index is 13.1. The van der Waals surface area contributed by atoms with E-state index in [4.69, 9.17) is 16.7 Å². The van der Waals surface area contributed by atoms with Crippen LogP contribution in [-0.4, -0.2) is 39.1 Å². The summed E-state index contributed by atoms with van der Waals surface area (Å²) in [6.45, 7) is 1.76. The van der Waals surface area contributed by atoms with Gasteiger partial charge in [0.05, 0.1) is 10.4 Å². The Hall–Kier alpha value is -1.27. The topological polar surface area (TPSA) is 57.6 Å². The maximum Gasteiger partial charge on any atom is 0.327 e. The van der Waals surface area contributed by atoms with Gasteiger partial charge in [-0.3, -0.25) is 4.79 Å². The lowest BCUT2D eigenvalue weighted by atomic mass is 10.1. The smallest absolute Gasteiger partial charge is 0.327 e. The normalized spacial score (nSPS) is 22.6. The van der Waals surface area contributed by atoms with Crippen LogP contribution in [0.4, 0.5) is 4.39 Å². The van der Waals surface area contributed by atoms with Gasteiger partial charge in [-0.1, -0.05) is 11.6 Å². The fraction of sp³-hybridized carbons (Fsp3) is 0.333. The van der Waals surface area contributed by atoms with Gasteiger partial charge in [0.2, 0.25) is 0 Å². The minimum absolute atomic E-state index is 0.155. The zero-order valence-electron chi connectivity index (χ0n) is 9.97. The Morgan fingerprint density at radius 3 is 2.79 bits per heavy atom. The van der Waals surface area contributed by atoms with E-state index in [0.29, 0.717) is 5.75 Å². The second-order valence-electron chi connectivity index (χ2n) is 4.13. The largest absolute Gasteiger partial charge is 0.480 e. The molecule has 1 aliphatic rings. The van der Waals surface area contributed by atoms with E-state index >= 15 is 0 Å². The summed E-state index contributed by atoms with van der Waals surface area (Å²) in [5.41, 5.74) is 0.187. The van der Waals surface area contributed by atoms with Gasteiger partial charge in [0, 0.05) is 11.3 Å². The van der Waals surface area contributed by atoms with E-state index in [9.17, 15) is 14.0 Å². The van der Waals surface area contributed by atoms with Crippen LogP contribution in [0.5, 0.6) is 0 Å². The third kappa shape index (κ3) is 2.69. The highest BCUT2D eigenvalue weighted by Gasteiger charge is 2.39. The molecule has 1 aromatic carbocycles. The summed E-state index contributed by atoms with van der Waals surface area (Å²) >= 11 is 7.02. The number of carbonyl (C=O) groups excluding carboxylic acids is 1. The number of thioether (sulfide) groups is 1. The first-order chi connectivity index (χ1) is 8.91. The highest BCUT2D eigenvalue weighted by Crippen LogP contribution is 2.31. The van der Waals surface area contributed by atoms with Crippen LogP contribution in [0, 0.1) is 5.82 Å². The maximum absolute atomic E-state index is 13.1. The molecule has 4 nitrogen and oxygen atoms in total. The van der Waals surface area contributed by atoms with E-state index in [1.165, 1.54) is 28.8 Å². The molecule has 7 heteroatoms. The Morgan fingerprint density at radius 1 is 1.53 bits per heavy atom. The van der Waals surface area contributed by atoms with Crippen LogP contribution in [0.3, 0.4) is 0 Å². The van der Waals surface area contributed by atoms with Crippen molar-refractivity contribution in [2.75, 3.05) is 5.75 Å². The lowest BCUT2D eigenvalue weighted by Gasteiger charge is -2.25. The number of nitrogens with zero attached hydrogens (tertiary/aromatic N) is 1. The minimum atomic E-state index is -1.04. The van der Waals surface area contributed by atoms with Crippen LogP contribution in [0.15, 0.2) is 18.2 Å². The van der Waals surface area contributed by atoms with Crippen LogP contribution in [-0.2, 0) is 4.79 Å². The predicted octanol–water partition coefficient (Wildman–Crippen LogP) is 2.47. The van der Waals surface area contributed by atoms with Gasteiger partial charge in [0.15, 0.2) is 0 Å². The summed E-state index contributed by atoms with van der Waals surface area (Å²) in [5.74, 6) is -1.76. The van der Waals surface area contributed by atoms with Crippen molar-refractivity contribution in [1.29, 1.82) is 0 Å². The number of benzene rings is 1. The van der Waals surface area contributed by atoms with Gasteiger partial charge in [-0.15, -0.1) is 11.8 Å². The summed E-state index contributed by atoms with van der Waals surface area (Å²) in [7, 11) is 0.